The molecule has 1 heterocycles. The van der Waals surface area contributed by atoms with E-state index in [1.54, 1.807) is 34.6 Å². The maximum atomic E-state index is 13.2. The topological polar surface area (TPSA) is 172 Å². The van der Waals surface area contributed by atoms with Crippen LogP contribution in [0.2, 0.25) is 0 Å². The number of aliphatic hydroxyl groups excluding tert-OH is 1. The van der Waals surface area contributed by atoms with Crippen molar-refractivity contribution >= 4 is 29.8 Å². The Labute approximate surface area is 224 Å². The second kappa shape index (κ2) is 15.3. The minimum Gasteiger partial charge on any atom is -0.463 e. The third kappa shape index (κ3) is 11.5. The second-order valence-electron chi connectivity index (χ2n) is 10.5. The molecule has 0 aromatic rings. The molecule has 1 aliphatic heterocycles. The van der Waals surface area contributed by atoms with E-state index >= 15 is 0 Å². The summed E-state index contributed by atoms with van der Waals surface area (Å²) in [5.41, 5.74) is -0.773. The first-order chi connectivity index (χ1) is 17.7. The number of hydrogen-bond acceptors (Lipinski definition) is 8. The minimum absolute atomic E-state index is 0.154. The van der Waals surface area contributed by atoms with Gasteiger partial charge in [-0.1, -0.05) is 26.3 Å². The van der Waals surface area contributed by atoms with Gasteiger partial charge in [-0.2, -0.15) is 0 Å². The average Bonchev–Trinajstić information content (AvgIpc) is 3.21. The fourth-order valence-corrected chi connectivity index (χ4v) is 3.80. The lowest BCUT2D eigenvalue weighted by atomic mass is 9.96. The number of hydrogen-bond donors (Lipinski definition) is 5. The summed E-state index contributed by atoms with van der Waals surface area (Å²) in [6.45, 7) is 12.4. The van der Waals surface area contributed by atoms with Crippen LogP contribution in [0.5, 0.6) is 0 Å². The number of esters is 1. The van der Waals surface area contributed by atoms with E-state index in [1.165, 1.54) is 19.1 Å². The van der Waals surface area contributed by atoms with Gasteiger partial charge in [-0.3, -0.25) is 14.4 Å². The van der Waals surface area contributed by atoms with Gasteiger partial charge in [0.25, 0.3) is 0 Å². The highest BCUT2D eigenvalue weighted by molar-refractivity contribution is 5.92. The molecule has 1 saturated heterocycles. The Kier molecular flexibility index (Phi) is 13.2. The van der Waals surface area contributed by atoms with Gasteiger partial charge in [-0.25, -0.2) is 9.59 Å². The van der Waals surface area contributed by atoms with Crippen molar-refractivity contribution < 1.29 is 38.6 Å². The molecule has 12 nitrogen and oxygen atoms in total. The summed E-state index contributed by atoms with van der Waals surface area (Å²) in [6.07, 6.45) is 1.85. The SMILES string of the molecule is CCOC(=O)/C=C/[C@H](C[C@@H]1CCNC1=O)NC(=O)[C@@H](NC(=O)[C@@H](NC(=O)OC(C)(C)C)[C@@H](C)CC)[C@@H](C)O. The number of alkyl carbamates (subject to hydrolysis) is 1. The van der Waals surface area contributed by atoms with Crippen LogP contribution in [0.1, 0.15) is 67.7 Å². The first kappa shape index (κ1) is 32.9. The number of ether oxygens (including phenoxy) is 2. The normalized spacial score (nSPS) is 19.5. The molecule has 0 aromatic carbocycles. The monoisotopic (exact) mass is 540 g/mol. The zero-order chi connectivity index (χ0) is 29.0. The van der Waals surface area contributed by atoms with E-state index in [9.17, 15) is 29.1 Å². The van der Waals surface area contributed by atoms with E-state index in [0.717, 1.165) is 0 Å². The fourth-order valence-electron chi connectivity index (χ4n) is 3.80. The van der Waals surface area contributed by atoms with Crippen molar-refractivity contribution in [2.24, 2.45) is 11.8 Å². The molecule has 1 aliphatic rings. The molecule has 0 saturated carbocycles. The maximum absolute atomic E-state index is 13.2. The lowest BCUT2D eigenvalue weighted by molar-refractivity contribution is -0.137. The quantitative estimate of drug-likeness (QED) is 0.169. The summed E-state index contributed by atoms with van der Waals surface area (Å²) >= 11 is 0. The summed E-state index contributed by atoms with van der Waals surface area (Å²) in [7, 11) is 0. The molecule has 38 heavy (non-hydrogen) atoms. The van der Waals surface area contributed by atoms with Gasteiger partial charge in [-0.15, -0.1) is 0 Å². The van der Waals surface area contributed by atoms with Crippen LogP contribution in [-0.4, -0.2) is 77.9 Å². The van der Waals surface area contributed by atoms with Gasteiger partial charge in [0.15, 0.2) is 0 Å². The zero-order valence-electron chi connectivity index (χ0n) is 23.5. The van der Waals surface area contributed by atoms with Gasteiger partial charge >= 0.3 is 12.1 Å². The molecule has 0 aliphatic carbocycles. The standard InChI is InChI=1S/C26H44N4O8/c1-8-15(3)20(30-25(36)38-26(5,6)7)23(34)29-21(16(4)31)24(35)28-18(10-11-19(32)37-9-2)14-17-12-13-27-22(17)33/h10-11,15-18,20-21,31H,8-9,12-14H2,1-7H3,(H,27,33)(H,28,35)(H,29,34)(H,30,36)/b11-10+/t15-,16+,17-,18+,20-,21-/m0/s1. The van der Waals surface area contributed by atoms with Gasteiger partial charge < -0.3 is 35.8 Å². The zero-order valence-corrected chi connectivity index (χ0v) is 23.5. The van der Waals surface area contributed by atoms with Crippen LogP contribution in [0.4, 0.5) is 4.79 Å². The first-order valence-electron chi connectivity index (χ1n) is 13.1. The van der Waals surface area contributed by atoms with Crippen LogP contribution < -0.4 is 21.3 Å². The molecule has 216 valence electrons. The molecule has 0 aromatic heterocycles. The Morgan fingerprint density at radius 2 is 1.71 bits per heavy atom. The second-order valence-corrected chi connectivity index (χ2v) is 10.5. The number of carbonyl (C=O) groups excluding carboxylic acids is 5. The van der Waals surface area contributed by atoms with Crippen molar-refractivity contribution in [1.82, 2.24) is 21.3 Å². The minimum atomic E-state index is -1.37. The van der Waals surface area contributed by atoms with Crippen molar-refractivity contribution in [3.8, 4) is 0 Å². The Bertz CT molecular complexity index is 868. The lowest BCUT2D eigenvalue weighted by Gasteiger charge is -2.29. The molecule has 12 heteroatoms. The maximum Gasteiger partial charge on any atom is 0.408 e. The van der Waals surface area contributed by atoms with E-state index in [1.807, 2.05) is 6.92 Å². The number of amides is 4. The van der Waals surface area contributed by atoms with Gasteiger partial charge in [0, 0.05) is 24.6 Å². The third-order valence-electron chi connectivity index (χ3n) is 6.01. The highest BCUT2D eigenvalue weighted by Crippen LogP contribution is 2.17. The van der Waals surface area contributed by atoms with Crippen LogP contribution >= 0.6 is 0 Å². The highest BCUT2D eigenvalue weighted by Gasteiger charge is 2.34. The molecule has 0 spiro atoms. The Morgan fingerprint density at radius 3 is 2.21 bits per heavy atom. The van der Waals surface area contributed by atoms with Gasteiger partial charge in [0.1, 0.15) is 17.7 Å². The summed E-state index contributed by atoms with van der Waals surface area (Å²) in [5.74, 6) is -2.82. The molecular weight excluding hydrogens is 496 g/mol. The summed E-state index contributed by atoms with van der Waals surface area (Å²) in [5, 5.41) is 20.8. The van der Waals surface area contributed by atoms with Gasteiger partial charge in [0.05, 0.1) is 12.7 Å². The van der Waals surface area contributed by atoms with E-state index < -0.39 is 53.7 Å². The van der Waals surface area contributed by atoms with Crippen molar-refractivity contribution in [1.29, 1.82) is 0 Å². The molecule has 1 rings (SSSR count). The summed E-state index contributed by atoms with van der Waals surface area (Å²) in [6, 6.07) is -3.14. The fraction of sp³-hybridized carbons (Fsp3) is 0.731. The van der Waals surface area contributed by atoms with Crippen molar-refractivity contribution in [3.63, 3.8) is 0 Å². The molecule has 4 amide bonds. The van der Waals surface area contributed by atoms with Crippen molar-refractivity contribution in [3.05, 3.63) is 12.2 Å². The van der Waals surface area contributed by atoms with Crippen LogP contribution in [0.3, 0.4) is 0 Å². The number of aliphatic hydroxyl groups is 1. The molecular formula is C26H44N4O8. The molecule has 0 unspecified atom stereocenters. The van der Waals surface area contributed by atoms with E-state index in [4.69, 9.17) is 9.47 Å². The van der Waals surface area contributed by atoms with Crippen molar-refractivity contribution in [2.75, 3.05) is 13.2 Å². The molecule has 5 N–H and O–H groups in total. The van der Waals surface area contributed by atoms with Crippen LogP contribution in [0.15, 0.2) is 12.2 Å². The highest BCUT2D eigenvalue weighted by atomic mass is 16.6. The van der Waals surface area contributed by atoms with Crippen LogP contribution in [0, 0.1) is 11.8 Å². The predicted molar refractivity (Wildman–Crippen MR) is 140 cm³/mol. The number of rotatable bonds is 13. The lowest BCUT2D eigenvalue weighted by Crippen LogP contribution is -2.59. The molecule has 6 atom stereocenters. The van der Waals surface area contributed by atoms with Gasteiger partial charge in [-0.05, 0) is 53.4 Å². The average molecular weight is 541 g/mol. The van der Waals surface area contributed by atoms with Gasteiger partial charge in [0.2, 0.25) is 17.7 Å². The van der Waals surface area contributed by atoms with E-state index in [-0.39, 0.29) is 30.8 Å². The molecule has 0 radical (unpaired) electrons. The largest absolute Gasteiger partial charge is 0.463 e. The van der Waals surface area contributed by atoms with E-state index in [0.29, 0.717) is 19.4 Å². The number of carbonyl (C=O) groups is 5. The van der Waals surface area contributed by atoms with Crippen LogP contribution in [0.25, 0.3) is 0 Å². The Morgan fingerprint density at radius 1 is 1.08 bits per heavy atom. The van der Waals surface area contributed by atoms with Crippen LogP contribution in [-0.2, 0) is 28.7 Å². The predicted octanol–water partition coefficient (Wildman–Crippen LogP) is 0.922. The molecule has 1 fully saturated rings. The first-order valence-corrected chi connectivity index (χ1v) is 13.1. The molecule has 0 bridgehead atoms. The summed E-state index contributed by atoms with van der Waals surface area (Å²) < 4.78 is 10.2. The number of nitrogens with one attached hydrogen (secondary N) is 4. The smallest absolute Gasteiger partial charge is 0.408 e. The Balaban J connectivity index is 3.04. The Hall–Kier alpha value is -3.15. The summed E-state index contributed by atoms with van der Waals surface area (Å²) in [4.78, 5) is 62.6. The van der Waals surface area contributed by atoms with Crippen molar-refractivity contribution in [2.45, 2.75) is 97.6 Å². The third-order valence-corrected chi connectivity index (χ3v) is 6.01. The van der Waals surface area contributed by atoms with E-state index in [2.05, 4.69) is 21.3 Å².